The van der Waals surface area contributed by atoms with Gasteiger partial charge < -0.3 is 0 Å². The quantitative estimate of drug-likeness (QED) is 0.658. The largest absolute Gasteiger partial charge is 0.274 e. The maximum absolute atomic E-state index is 12.4. The van der Waals surface area contributed by atoms with Gasteiger partial charge in [-0.1, -0.05) is 42.0 Å². The number of nitrogens with zero attached hydrogens (tertiary/aromatic N) is 5. The summed E-state index contributed by atoms with van der Waals surface area (Å²) in [6, 6.07) is 15.0. The van der Waals surface area contributed by atoms with Crippen molar-refractivity contribution in [3.63, 3.8) is 0 Å². The zero-order valence-corrected chi connectivity index (χ0v) is 14.3. The first-order valence-electron chi connectivity index (χ1n) is 8.39. The third kappa shape index (κ3) is 2.99. The van der Waals surface area contributed by atoms with Gasteiger partial charge in [0.15, 0.2) is 5.82 Å². The lowest BCUT2D eigenvalue weighted by atomic mass is 10.1. The smallest absolute Gasteiger partial charge is 0.261 e. The summed E-state index contributed by atoms with van der Waals surface area (Å²) in [5.41, 5.74) is 3.17. The number of aryl methyl sites for hydroxylation is 1. The third-order valence-corrected chi connectivity index (χ3v) is 4.34. The minimum atomic E-state index is -0.266. The highest BCUT2D eigenvalue weighted by Gasteiger charge is 2.34. The van der Waals surface area contributed by atoms with Crippen LogP contribution in [0.5, 0.6) is 0 Å². The number of hydrogen-bond donors (Lipinski definition) is 0. The summed E-state index contributed by atoms with van der Waals surface area (Å²) < 4.78 is 0. The van der Waals surface area contributed by atoms with Crippen LogP contribution in [0, 0.1) is 6.92 Å². The summed E-state index contributed by atoms with van der Waals surface area (Å²) in [6.07, 6.45) is 0.374. The van der Waals surface area contributed by atoms with Gasteiger partial charge >= 0.3 is 0 Å². The molecule has 0 unspecified atom stereocenters. The summed E-state index contributed by atoms with van der Waals surface area (Å²) in [5.74, 6) is -0.0234. The van der Waals surface area contributed by atoms with Crippen LogP contribution >= 0.6 is 0 Å². The lowest BCUT2D eigenvalue weighted by Gasteiger charge is -2.11. The standard InChI is InChI=1S/C19H17N5O2/c1-13-5-4-6-14(11-13)12-24-21-17(20-22-24)9-10-23-18(25)15-7-2-3-8-16(15)19(23)26/h2-8,11H,9-10,12H2,1H3. The molecule has 2 aromatic carbocycles. The molecule has 7 heteroatoms. The molecule has 0 saturated carbocycles. The van der Waals surface area contributed by atoms with Crippen molar-refractivity contribution >= 4 is 11.8 Å². The van der Waals surface area contributed by atoms with Crippen molar-refractivity contribution in [3.8, 4) is 0 Å². The fourth-order valence-electron chi connectivity index (χ4n) is 3.07. The van der Waals surface area contributed by atoms with Crippen molar-refractivity contribution in [3.05, 3.63) is 76.6 Å². The Labute approximate surface area is 150 Å². The van der Waals surface area contributed by atoms with Gasteiger partial charge in [-0.25, -0.2) is 0 Å². The molecule has 0 N–H and O–H groups in total. The Balaban J connectivity index is 1.41. The van der Waals surface area contributed by atoms with Crippen LogP contribution in [0.2, 0.25) is 0 Å². The highest BCUT2D eigenvalue weighted by atomic mass is 16.2. The molecule has 1 aliphatic rings. The lowest BCUT2D eigenvalue weighted by Crippen LogP contribution is -2.32. The van der Waals surface area contributed by atoms with Gasteiger partial charge in [-0.3, -0.25) is 14.5 Å². The Bertz CT molecular complexity index is 960. The van der Waals surface area contributed by atoms with E-state index in [0.717, 1.165) is 5.56 Å². The van der Waals surface area contributed by atoms with E-state index in [2.05, 4.69) is 21.5 Å². The molecule has 0 radical (unpaired) electrons. The zero-order valence-electron chi connectivity index (χ0n) is 14.3. The normalized spacial score (nSPS) is 13.3. The molecule has 2 heterocycles. The van der Waals surface area contributed by atoms with Crippen molar-refractivity contribution in [2.75, 3.05) is 6.54 Å². The van der Waals surface area contributed by atoms with Gasteiger partial charge in [-0.2, -0.15) is 4.80 Å². The van der Waals surface area contributed by atoms with E-state index in [1.165, 1.54) is 15.3 Å². The Morgan fingerprint density at radius 1 is 0.962 bits per heavy atom. The molecule has 0 spiro atoms. The number of carbonyl (C=O) groups excluding carboxylic acids is 2. The number of hydrogen-bond acceptors (Lipinski definition) is 5. The second kappa shape index (κ2) is 6.51. The summed E-state index contributed by atoms with van der Waals surface area (Å²) in [6.45, 7) is 2.80. The average Bonchev–Trinajstić information content (AvgIpc) is 3.17. The zero-order chi connectivity index (χ0) is 18.1. The second-order valence-electron chi connectivity index (χ2n) is 6.28. The van der Waals surface area contributed by atoms with Crippen molar-refractivity contribution in [2.24, 2.45) is 0 Å². The number of tetrazole rings is 1. The summed E-state index contributed by atoms with van der Waals surface area (Å²) in [4.78, 5) is 27.5. The van der Waals surface area contributed by atoms with E-state index in [0.29, 0.717) is 29.9 Å². The SMILES string of the molecule is Cc1cccc(Cn2nnc(CCN3C(=O)c4ccccc4C3=O)n2)c1. The molecule has 3 aromatic rings. The molecular weight excluding hydrogens is 330 g/mol. The number of imide groups is 1. The van der Waals surface area contributed by atoms with Gasteiger partial charge in [0.25, 0.3) is 11.8 Å². The number of aromatic nitrogens is 4. The molecule has 26 heavy (non-hydrogen) atoms. The van der Waals surface area contributed by atoms with Gasteiger partial charge in [0.05, 0.1) is 17.7 Å². The fourth-order valence-corrected chi connectivity index (χ4v) is 3.07. The van der Waals surface area contributed by atoms with Gasteiger partial charge in [-0.05, 0) is 29.8 Å². The maximum atomic E-state index is 12.4. The van der Waals surface area contributed by atoms with Crippen LogP contribution in [0.1, 0.15) is 37.7 Å². The topological polar surface area (TPSA) is 81.0 Å². The molecule has 0 atom stereocenters. The highest BCUT2D eigenvalue weighted by Crippen LogP contribution is 2.22. The van der Waals surface area contributed by atoms with Gasteiger partial charge in [0.2, 0.25) is 0 Å². The maximum Gasteiger partial charge on any atom is 0.261 e. The molecule has 1 aromatic heterocycles. The molecule has 0 saturated heterocycles. The molecule has 130 valence electrons. The molecule has 4 rings (SSSR count). The minimum Gasteiger partial charge on any atom is -0.274 e. The van der Waals surface area contributed by atoms with E-state index in [-0.39, 0.29) is 18.4 Å². The van der Waals surface area contributed by atoms with E-state index < -0.39 is 0 Å². The van der Waals surface area contributed by atoms with Gasteiger partial charge in [0, 0.05) is 13.0 Å². The van der Waals surface area contributed by atoms with Crippen LogP contribution in [0.4, 0.5) is 0 Å². The molecular formula is C19H17N5O2. The van der Waals surface area contributed by atoms with Crippen molar-refractivity contribution < 1.29 is 9.59 Å². The van der Waals surface area contributed by atoms with Crippen LogP contribution in [0.15, 0.2) is 48.5 Å². The Morgan fingerprint density at radius 3 is 2.38 bits per heavy atom. The van der Waals surface area contributed by atoms with E-state index in [1.807, 2.05) is 25.1 Å². The molecule has 0 bridgehead atoms. The van der Waals surface area contributed by atoms with Crippen molar-refractivity contribution in [1.82, 2.24) is 25.1 Å². The van der Waals surface area contributed by atoms with Crippen LogP contribution in [-0.2, 0) is 13.0 Å². The first kappa shape index (κ1) is 16.1. The Hall–Kier alpha value is -3.35. The van der Waals surface area contributed by atoms with Gasteiger partial charge in [0.1, 0.15) is 0 Å². The number of amides is 2. The van der Waals surface area contributed by atoms with E-state index in [4.69, 9.17) is 0 Å². The minimum absolute atomic E-state index is 0.239. The number of benzene rings is 2. The Kier molecular flexibility index (Phi) is 4.04. The van der Waals surface area contributed by atoms with Crippen LogP contribution in [0.3, 0.4) is 0 Å². The van der Waals surface area contributed by atoms with Crippen molar-refractivity contribution in [1.29, 1.82) is 0 Å². The summed E-state index contributed by atoms with van der Waals surface area (Å²) >= 11 is 0. The number of fused-ring (bicyclic) bond motifs is 1. The first-order valence-corrected chi connectivity index (χ1v) is 8.39. The molecule has 7 nitrogen and oxygen atoms in total. The predicted molar refractivity (Wildman–Crippen MR) is 93.6 cm³/mol. The summed E-state index contributed by atoms with van der Waals surface area (Å²) in [5, 5.41) is 12.4. The second-order valence-corrected chi connectivity index (χ2v) is 6.28. The van der Waals surface area contributed by atoms with E-state index >= 15 is 0 Å². The Morgan fingerprint density at radius 2 is 1.69 bits per heavy atom. The molecule has 1 aliphatic heterocycles. The third-order valence-electron chi connectivity index (χ3n) is 4.34. The number of rotatable bonds is 5. The average molecular weight is 347 g/mol. The molecule has 2 amide bonds. The van der Waals surface area contributed by atoms with Crippen LogP contribution in [0.25, 0.3) is 0 Å². The predicted octanol–water partition coefficient (Wildman–Crippen LogP) is 1.87. The van der Waals surface area contributed by atoms with Crippen LogP contribution < -0.4 is 0 Å². The van der Waals surface area contributed by atoms with Crippen molar-refractivity contribution in [2.45, 2.75) is 19.9 Å². The highest BCUT2D eigenvalue weighted by molar-refractivity contribution is 6.21. The summed E-state index contributed by atoms with van der Waals surface area (Å²) in [7, 11) is 0. The van der Waals surface area contributed by atoms with E-state index in [9.17, 15) is 9.59 Å². The van der Waals surface area contributed by atoms with Gasteiger partial charge in [-0.15, -0.1) is 10.2 Å². The first-order chi connectivity index (χ1) is 12.6. The molecule has 0 aliphatic carbocycles. The monoisotopic (exact) mass is 347 g/mol. The lowest BCUT2D eigenvalue weighted by molar-refractivity contribution is 0.0655. The number of carbonyl (C=O) groups is 2. The molecule has 0 fully saturated rings. The van der Waals surface area contributed by atoms with E-state index in [1.54, 1.807) is 24.3 Å². The fraction of sp³-hybridized carbons (Fsp3) is 0.211. The van der Waals surface area contributed by atoms with Crippen LogP contribution in [-0.4, -0.2) is 43.5 Å².